The number of hydroxylamine groups is 1. The first-order chi connectivity index (χ1) is 8.97. The van der Waals surface area contributed by atoms with Gasteiger partial charge in [0.2, 0.25) is 0 Å². The van der Waals surface area contributed by atoms with Crippen LogP contribution in [0.2, 0.25) is 0 Å². The first-order valence-corrected chi connectivity index (χ1v) is 6.40. The molecule has 1 rings (SSSR count). The summed E-state index contributed by atoms with van der Waals surface area (Å²) in [6.07, 6.45) is 0.304. The molecule has 0 N–H and O–H groups in total. The van der Waals surface area contributed by atoms with Crippen molar-refractivity contribution in [2.45, 2.75) is 40.0 Å². The highest BCUT2D eigenvalue weighted by atomic mass is 16.7. The van der Waals surface area contributed by atoms with Crippen molar-refractivity contribution in [3.05, 3.63) is 29.3 Å². The number of rotatable bonds is 5. The quantitative estimate of drug-likeness (QED) is 0.762. The van der Waals surface area contributed by atoms with Gasteiger partial charge in [-0.25, -0.2) is 5.06 Å². The molecule has 0 bridgehead atoms. The smallest absolute Gasteiger partial charge is 0.329 e. The van der Waals surface area contributed by atoms with Crippen LogP contribution in [0.1, 0.15) is 44.2 Å². The second-order valence-corrected chi connectivity index (χ2v) is 4.76. The fraction of sp³-hybridized carbons (Fsp3) is 0.467. The largest absolute Gasteiger partial charge is 0.341 e. The van der Waals surface area contributed by atoms with Crippen LogP contribution >= 0.6 is 0 Å². The molecule has 1 aromatic rings. The molecule has 0 aromatic heterocycles. The van der Waals surface area contributed by atoms with Crippen LogP contribution < -0.4 is 5.06 Å². The van der Waals surface area contributed by atoms with E-state index in [-0.39, 0.29) is 5.97 Å². The van der Waals surface area contributed by atoms with Crippen LogP contribution in [0, 0.1) is 18.3 Å². The van der Waals surface area contributed by atoms with Crippen molar-refractivity contribution in [2.75, 3.05) is 11.6 Å². The molecular formula is C15H20N2O2. The lowest BCUT2D eigenvalue weighted by atomic mass is 9.96. The molecule has 102 valence electrons. The van der Waals surface area contributed by atoms with Gasteiger partial charge in [-0.3, -0.25) is 4.79 Å². The van der Waals surface area contributed by atoms with Crippen LogP contribution in [-0.4, -0.2) is 12.5 Å². The normalized spacial score (nSPS) is 10.1. The Balaban J connectivity index is 3.17. The Morgan fingerprint density at radius 2 is 2.16 bits per heavy atom. The number of carbonyl (C=O) groups excluding carboxylic acids is 1. The summed E-state index contributed by atoms with van der Waals surface area (Å²) in [5, 5.41) is 10.2. The fourth-order valence-electron chi connectivity index (χ4n) is 2.16. The van der Waals surface area contributed by atoms with E-state index in [1.165, 1.54) is 12.0 Å². The molecule has 0 radical (unpaired) electrons. The van der Waals surface area contributed by atoms with Crippen molar-refractivity contribution >= 4 is 11.7 Å². The zero-order valence-corrected chi connectivity index (χ0v) is 11.9. The zero-order valence-electron chi connectivity index (χ0n) is 11.9. The number of anilines is 1. The molecule has 0 aliphatic heterocycles. The lowest BCUT2D eigenvalue weighted by Crippen LogP contribution is -2.28. The maximum absolute atomic E-state index is 11.2. The van der Waals surface area contributed by atoms with Crippen molar-refractivity contribution in [3.8, 4) is 6.07 Å². The summed E-state index contributed by atoms with van der Waals surface area (Å²) in [6, 6.07) is 7.96. The van der Waals surface area contributed by atoms with E-state index < -0.39 is 0 Å². The van der Waals surface area contributed by atoms with E-state index in [0.717, 1.165) is 16.8 Å². The molecule has 0 aliphatic rings. The number of nitrogens with zero attached hydrogens (tertiary/aromatic N) is 2. The summed E-state index contributed by atoms with van der Waals surface area (Å²) in [7, 11) is 0. The molecule has 1 aromatic carbocycles. The van der Waals surface area contributed by atoms with E-state index in [0.29, 0.717) is 18.9 Å². The Bertz CT molecular complexity index is 489. The second-order valence-electron chi connectivity index (χ2n) is 4.76. The van der Waals surface area contributed by atoms with Crippen LogP contribution in [0.4, 0.5) is 5.69 Å². The van der Waals surface area contributed by atoms with E-state index in [9.17, 15) is 4.79 Å². The van der Waals surface area contributed by atoms with Gasteiger partial charge >= 0.3 is 5.97 Å². The van der Waals surface area contributed by atoms with Gasteiger partial charge in [-0.2, -0.15) is 5.26 Å². The topological polar surface area (TPSA) is 53.3 Å². The first kappa shape index (κ1) is 15.0. The average molecular weight is 260 g/mol. The SMILES string of the molecule is CC(=O)ON(CCC#N)c1cccc(C)c1C(C)C. The summed E-state index contributed by atoms with van der Waals surface area (Å²) >= 11 is 0. The minimum Gasteiger partial charge on any atom is -0.341 e. The minimum absolute atomic E-state index is 0.304. The van der Waals surface area contributed by atoms with Crippen LogP contribution in [-0.2, 0) is 9.63 Å². The molecule has 0 amide bonds. The van der Waals surface area contributed by atoms with Crippen molar-refractivity contribution < 1.29 is 9.63 Å². The van der Waals surface area contributed by atoms with Crippen molar-refractivity contribution in [1.29, 1.82) is 5.26 Å². The van der Waals surface area contributed by atoms with Gasteiger partial charge in [-0.15, -0.1) is 0 Å². The maximum Gasteiger partial charge on any atom is 0.329 e. The first-order valence-electron chi connectivity index (χ1n) is 6.40. The summed E-state index contributed by atoms with van der Waals surface area (Å²) < 4.78 is 0. The van der Waals surface area contributed by atoms with E-state index >= 15 is 0 Å². The molecule has 0 atom stereocenters. The van der Waals surface area contributed by atoms with E-state index in [4.69, 9.17) is 10.1 Å². The average Bonchev–Trinajstić information content (AvgIpc) is 2.33. The van der Waals surface area contributed by atoms with Gasteiger partial charge in [0.25, 0.3) is 0 Å². The molecule has 0 saturated carbocycles. The summed E-state index contributed by atoms with van der Waals surface area (Å²) in [4.78, 5) is 16.4. The van der Waals surface area contributed by atoms with E-state index in [2.05, 4.69) is 19.9 Å². The third-order valence-electron chi connectivity index (χ3n) is 2.81. The highest BCUT2D eigenvalue weighted by Gasteiger charge is 2.17. The predicted molar refractivity (Wildman–Crippen MR) is 74.6 cm³/mol. The summed E-state index contributed by atoms with van der Waals surface area (Å²) in [5.74, 6) is -0.0644. The molecule has 0 aliphatic carbocycles. The highest BCUT2D eigenvalue weighted by molar-refractivity contribution is 5.68. The van der Waals surface area contributed by atoms with Crippen molar-refractivity contribution in [2.24, 2.45) is 0 Å². The van der Waals surface area contributed by atoms with Gasteiger partial charge in [0.05, 0.1) is 24.7 Å². The Labute approximate surface area is 114 Å². The van der Waals surface area contributed by atoms with Crippen molar-refractivity contribution in [3.63, 3.8) is 0 Å². The van der Waals surface area contributed by atoms with Crippen LogP contribution in [0.25, 0.3) is 0 Å². The number of aryl methyl sites for hydroxylation is 1. The Morgan fingerprint density at radius 3 is 2.68 bits per heavy atom. The predicted octanol–water partition coefficient (Wildman–Crippen LogP) is 3.32. The van der Waals surface area contributed by atoms with E-state index in [1.807, 2.05) is 25.1 Å². The van der Waals surface area contributed by atoms with Gasteiger partial charge in [0.1, 0.15) is 0 Å². The Hall–Kier alpha value is -2.02. The van der Waals surface area contributed by atoms with Crippen LogP contribution in [0.3, 0.4) is 0 Å². The lowest BCUT2D eigenvalue weighted by molar-refractivity contribution is -0.142. The third-order valence-corrected chi connectivity index (χ3v) is 2.81. The number of hydrogen-bond acceptors (Lipinski definition) is 4. The Morgan fingerprint density at radius 1 is 1.47 bits per heavy atom. The number of hydrogen-bond donors (Lipinski definition) is 0. The van der Waals surface area contributed by atoms with Crippen molar-refractivity contribution in [1.82, 2.24) is 0 Å². The second kappa shape index (κ2) is 6.79. The highest BCUT2D eigenvalue weighted by Crippen LogP contribution is 2.30. The minimum atomic E-state index is -0.380. The third kappa shape index (κ3) is 3.99. The molecule has 0 spiro atoms. The summed E-state index contributed by atoms with van der Waals surface area (Å²) in [5.41, 5.74) is 3.16. The fourth-order valence-corrected chi connectivity index (χ4v) is 2.16. The molecule has 0 fully saturated rings. The number of nitriles is 1. The molecular weight excluding hydrogens is 240 g/mol. The molecule has 0 heterocycles. The molecule has 19 heavy (non-hydrogen) atoms. The van der Waals surface area contributed by atoms with Gasteiger partial charge in [0.15, 0.2) is 0 Å². The summed E-state index contributed by atoms with van der Waals surface area (Å²) in [6.45, 7) is 7.97. The lowest BCUT2D eigenvalue weighted by Gasteiger charge is -2.26. The van der Waals surface area contributed by atoms with Crippen LogP contribution in [0.15, 0.2) is 18.2 Å². The molecule has 4 nitrogen and oxygen atoms in total. The standard InChI is InChI=1S/C15H20N2O2/c1-11(2)15-12(3)7-5-8-14(15)17(10-6-9-16)19-13(4)18/h5,7-8,11H,6,10H2,1-4H3. The van der Waals surface area contributed by atoms with Gasteiger partial charge in [-0.05, 0) is 30.0 Å². The van der Waals surface area contributed by atoms with Gasteiger partial charge in [-0.1, -0.05) is 26.0 Å². The number of benzene rings is 1. The molecule has 0 unspecified atom stereocenters. The van der Waals surface area contributed by atoms with Gasteiger partial charge in [0, 0.05) is 6.92 Å². The van der Waals surface area contributed by atoms with Gasteiger partial charge < -0.3 is 4.84 Å². The van der Waals surface area contributed by atoms with E-state index in [1.54, 1.807) is 0 Å². The maximum atomic E-state index is 11.2. The number of carbonyl (C=O) groups is 1. The monoisotopic (exact) mass is 260 g/mol. The Kier molecular flexibility index (Phi) is 5.37. The zero-order chi connectivity index (χ0) is 14.4. The van der Waals surface area contributed by atoms with Crippen LogP contribution in [0.5, 0.6) is 0 Å². The molecule has 4 heteroatoms. The molecule has 0 saturated heterocycles.